The Labute approximate surface area is 286 Å². The largest absolute Gasteiger partial charge is 0.505 e. The Morgan fingerprint density at radius 1 is 0.640 bits per heavy atom. The van der Waals surface area contributed by atoms with Gasteiger partial charge in [-0.15, -0.1) is 20.5 Å². The van der Waals surface area contributed by atoms with Crippen LogP contribution in [0, 0.1) is 0 Å². The van der Waals surface area contributed by atoms with Crippen molar-refractivity contribution in [3.05, 3.63) is 66.4 Å². The molecule has 0 aliphatic carbocycles. The number of anilines is 1. The van der Waals surface area contributed by atoms with Gasteiger partial charge in [0.05, 0.1) is 39.5 Å². The van der Waals surface area contributed by atoms with E-state index in [9.17, 15) is 34.9 Å². The molecule has 0 aliphatic heterocycles. The number of hydrogen-bond donors (Lipinski definition) is 3. The van der Waals surface area contributed by atoms with Crippen molar-refractivity contribution in [1.82, 2.24) is 0 Å². The Balaban J connectivity index is 1.91. The average molecular weight is 748 g/mol. The highest BCUT2D eigenvalue weighted by Gasteiger charge is 2.25. The molecule has 0 saturated heterocycles. The zero-order chi connectivity index (χ0) is 37.2. The molecule has 50 heavy (non-hydrogen) atoms. The second kappa shape index (κ2) is 14.1. The van der Waals surface area contributed by atoms with Gasteiger partial charge in [-0.2, -0.15) is 8.42 Å². The predicted octanol–water partition coefficient (Wildman–Crippen LogP) is 6.07. The van der Waals surface area contributed by atoms with Gasteiger partial charge in [-0.05, 0) is 17.5 Å². The van der Waals surface area contributed by atoms with Gasteiger partial charge >= 0.3 is 0 Å². The van der Waals surface area contributed by atoms with E-state index >= 15 is 0 Å². The number of ether oxygens (including phenoxy) is 4. The molecule has 0 atom stereocenters. The van der Waals surface area contributed by atoms with Crippen LogP contribution in [-0.2, 0) is 29.8 Å². The van der Waals surface area contributed by atoms with E-state index < -0.39 is 51.8 Å². The fraction of sp³-hybridized carbons (Fsp3) is 0.133. The van der Waals surface area contributed by atoms with Gasteiger partial charge in [0.2, 0.25) is 19.7 Å². The lowest BCUT2D eigenvalue weighted by atomic mass is 10.1. The summed E-state index contributed by atoms with van der Waals surface area (Å²) in [6.45, 7) is 6.59. The van der Waals surface area contributed by atoms with E-state index in [-0.39, 0.29) is 60.6 Å². The third kappa shape index (κ3) is 7.08. The summed E-state index contributed by atoms with van der Waals surface area (Å²) in [4.78, 5) is -1.31. The van der Waals surface area contributed by atoms with E-state index in [4.69, 9.17) is 24.7 Å². The number of phenols is 1. The summed E-state index contributed by atoms with van der Waals surface area (Å²) >= 11 is 0. The Hall–Kier alpha value is -5.57. The van der Waals surface area contributed by atoms with Crippen LogP contribution in [0.5, 0.6) is 28.7 Å². The first-order valence-corrected chi connectivity index (χ1v) is 18.2. The van der Waals surface area contributed by atoms with Gasteiger partial charge in [-0.25, -0.2) is 16.8 Å². The summed E-state index contributed by atoms with van der Waals surface area (Å²) in [5.41, 5.74) is 4.97. The van der Waals surface area contributed by atoms with Crippen molar-refractivity contribution >= 4 is 69.0 Å². The van der Waals surface area contributed by atoms with E-state index in [0.717, 1.165) is 29.7 Å². The zero-order valence-corrected chi connectivity index (χ0v) is 29.1. The highest BCUT2D eigenvalue weighted by atomic mass is 32.2. The molecule has 0 heterocycles. The molecule has 4 aromatic carbocycles. The number of azo groups is 2. The van der Waals surface area contributed by atoms with Crippen LogP contribution in [0.25, 0.3) is 10.8 Å². The number of benzene rings is 4. The molecule has 0 amide bonds. The van der Waals surface area contributed by atoms with E-state index in [1.54, 1.807) is 0 Å². The average Bonchev–Trinajstić information content (AvgIpc) is 3.09. The maximum Gasteiger partial charge on any atom is 0.296 e. The Morgan fingerprint density at radius 3 is 1.50 bits per heavy atom. The molecule has 264 valence electrons. The molecule has 0 saturated carbocycles. The third-order valence-corrected chi connectivity index (χ3v) is 10.6. The minimum Gasteiger partial charge on any atom is -0.505 e. The molecular formula is C30H29N5O12S3. The van der Waals surface area contributed by atoms with Crippen molar-refractivity contribution in [2.24, 2.45) is 20.5 Å². The van der Waals surface area contributed by atoms with Crippen molar-refractivity contribution in [3.8, 4) is 28.7 Å². The molecule has 0 bridgehead atoms. The third-order valence-electron chi connectivity index (χ3n) is 7.02. The normalized spacial score (nSPS) is 12.3. The lowest BCUT2D eigenvalue weighted by Crippen LogP contribution is -2.02. The number of methoxy groups -OCH3 is 4. The van der Waals surface area contributed by atoms with Crippen LogP contribution in [-0.4, -0.2) is 63.4 Å². The smallest absolute Gasteiger partial charge is 0.296 e. The van der Waals surface area contributed by atoms with E-state index in [2.05, 4.69) is 33.6 Å². The molecule has 20 heteroatoms. The summed E-state index contributed by atoms with van der Waals surface area (Å²) in [6, 6.07) is 8.24. The van der Waals surface area contributed by atoms with Crippen molar-refractivity contribution in [2.45, 2.75) is 14.7 Å². The van der Waals surface area contributed by atoms with E-state index in [1.807, 2.05) is 0 Å². The summed E-state index contributed by atoms with van der Waals surface area (Å²) < 4.78 is 106. The molecule has 4 rings (SSSR count). The Bertz CT molecular complexity index is 2450. The standard InChI is InChI=1S/C30H29N5O12S3/c1-7-48(37,38)24-14-20(44-3)18(12-22(24)46-5)33-32-17-10-9-16-11-26(50(41,42)43)29(28(31)27(16)30(17)36)35-34-19-13-23(47-6)25(15-21(19)45-4)49(39,40)8-2/h7-15,36H,1-2,31H2,3-6H3,(H,41,42,43). The minimum absolute atomic E-state index is 0.00678. The minimum atomic E-state index is -4.99. The lowest BCUT2D eigenvalue weighted by Gasteiger charge is -2.13. The van der Waals surface area contributed by atoms with Crippen LogP contribution < -0.4 is 24.7 Å². The molecule has 0 spiro atoms. The van der Waals surface area contributed by atoms with Crippen LogP contribution in [0.1, 0.15) is 0 Å². The fourth-order valence-electron chi connectivity index (χ4n) is 4.54. The monoisotopic (exact) mass is 747 g/mol. The number of hydrogen-bond acceptors (Lipinski definition) is 16. The molecule has 0 radical (unpaired) electrons. The highest BCUT2D eigenvalue weighted by Crippen LogP contribution is 2.47. The molecule has 0 aromatic heterocycles. The first-order chi connectivity index (χ1) is 23.5. The van der Waals surface area contributed by atoms with Gasteiger partial charge in [0.1, 0.15) is 60.4 Å². The number of nitrogens with zero attached hydrogens (tertiary/aromatic N) is 4. The zero-order valence-electron chi connectivity index (χ0n) is 26.7. The number of rotatable bonds is 13. The van der Waals surface area contributed by atoms with E-state index in [0.29, 0.717) is 5.41 Å². The first kappa shape index (κ1) is 37.3. The Morgan fingerprint density at radius 2 is 1.08 bits per heavy atom. The van der Waals surface area contributed by atoms with Crippen molar-refractivity contribution in [1.29, 1.82) is 0 Å². The van der Waals surface area contributed by atoms with Gasteiger partial charge in [-0.3, -0.25) is 4.55 Å². The fourth-order valence-corrected chi connectivity index (χ4v) is 6.96. The van der Waals surface area contributed by atoms with Gasteiger partial charge in [0, 0.05) is 35.1 Å². The number of sulfone groups is 2. The number of aromatic hydroxyl groups is 1. The van der Waals surface area contributed by atoms with Gasteiger partial charge < -0.3 is 29.8 Å². The van der Waals surface area contributed by atoms with E-state index in [1.165, 1.54) is 46.6 Å². The van der Waals surface area contributed by atoms with Crippen molar-refractivity contribution in [2.75, 3.05) is 34.2 Å². The molecule has 4 N–H and O–H groups in total. The Kier molecular flexibility index (Phi) is 10.5. The summed E-state index contributed by atoms with van der Waals surface area (Å²) in [6.07, 6.45) is 0. The SMILES string of the molecule is C=CS(=O)(=O)c1cc(OC)c(N=Nc2ccc3cc(S(=O)(=O)O)c(N=Nc4cc(OC)c(S(=O)(=O)C=C)cc4OC)c(N)c3c2O)cc1OC. The highest BCUT2D eigenvalue weighted by molar-refractivity contribution is 7.94. The number of phenolic OH excluding ortho intramolecular Hbond substituents is 1. The van der Waals surface area contributed by atoms with Gasteiger partial charge in [-0.1, -0.05) is 19.2 Å². The second-order valence-electron chi connectivity index (χ2n) is 9.82. The number of nitrogens with two attached hydrogens (primary N) is 1. The maximum atomic E-state index is 12.5. The molecule has 0 fully saturated rings. The molecule has 4 aromatic rings. The maximum absolute atomic E-state index is 12.5. The van der Waals surface area contributed by atoms with Crippen LogP contribution in [0.4, 0.5) is 28.4 Å². The summed E-state index contributed by atoms with van der Waals surface area (Å²) in [5.74, 6) is -0.976. The van der Waals surface area contributed by atoms with Gasteiger partial charge in [0.15, 0.2) is 5.75 Å². The topological polar surface area (TPSA) is 255 Å². The molecule has 0 unspecified atom stereocenters. The van der Waals surface area contributed by atoms with Gasteiger partial charge in [0.25, 0.3) is 10.1 Å². The number of nitrogen functional groups attached to an aromatic ring is 1. The van der Waals surface area contributed by atoms with Crippen LogP contribution in [0.3, 0.4) is 0 Å². The quantitative estimate of drug-likeness (QED) is 0.0798. The lowest BCUT2D eigenvalue weighted by molar-refractivity contribution is 0.393. The predicted molar refractivity (Wildman–Crippen MR) is 182 cm³/mol. The first-order valence-electron chi connectivity index (χ1n) is 13.6. The van der Waals surface area contributed by atoms with Crippen LogP contribution in [0.15, 0.2) is 102 Å². The molecular weight excluding hydrogens is 719 g/mol. The molecule has 17 nitrogen and oxygen atoms in total. The van der Waals surface area contributed by atoms with Crippen LogP contribution in [0.2, 0.25) is 0 Å². The van der Waals surface area contributed by atoms with Crippen molar-refractivity contribution in [3.63, 3.8) is 0 Å². The molecule has 0 aliphatic rings. The van der Waals surface area contributed by atoms with Crippen molar-refractivity contribution < 1.29 is 53.9 Å². The van der Waals surface area contributed by atoms with Crippen LogP contribution >= 0.6 is 0 Å². The summed E-state index contributed by atoms with van der Waals surface area (Å²) in [5, 5.41) is 28.6. The number of fused-ring (bicyclic) bond motifs is 1. The summed E-state index contributed by atoms with van der Waals surface area (Å²) in [7, 11) is -7.98. The second-order valence-corrected chi connectivity index (χ2v) is 14.9.